The highest BCUT2D eigenvalue weighted by atomic mass is 16.3. The summed E-state index contributed by atoms with van der Waals surface area (Å²) in [4.78, 5) is 26.5. The fourth-order valence-corrected chi connectivity index (χ4v) is 5.25. The smallest absolute Gasteiger partial charge is 0.275 e. The van der Waals surface area contributed by atoms with Crippen molar-refractivity contribution in [2.24, 2.45) is 0 Å². The van der Waals surface area contributed by atoms with E-state index in [9.17, 15) is 9.90 Å². The van der Waals surface area contributed by atoms with Crippen molar-refractivity contribution in [1.29, 1.82) is 0 Å². The highest BCUT2D eigenvalue weighted by Crippen LogP contribution is 2.24. The van der Waals surface area contributed by atoms with Gasteiger partial charge in [-0.2, -0.15) is 0 Å². The Labute approximate surface area is 186 Å². The maximum absolute atomic E-state index is 12.9. The number of aromatic nitrogens is 1. The second kappa shape index (κ2) is 10.9. The molecule has 0 spiro atoms. The average Bonchev–Trinajstić information content (AvgIpc) is 3.47. The van der Waals surface area contributed by atoms with Gasteiger partial charge in [-0.15, -0.1) is 0 Å². The van der Waals surface area contributed by atoms with Crippen molar-refractivity contribution in [1.82, 2.24) is 24.6 Å². The number of carbonyl (C=O) groups excluding carboxylic acids is 1. The first-order valence-corrected chi connectivity index (χ1v) is 12.2. The molecular weight excluding hydrogens is 394 g/mol. The number of oxazole rings is 1. The van der Waals surface area contributed by atoms with Crippen molar-refractivity contribution in [3.8, 4) is 0 Å². The molecular formula is C23H39N5O3. The zero-order valence-corrected chi connectivity index (χ0v) is 19.0. The Hall–Kier alpha value is -1.48. The van der Waals surface area contributed by atoms with Crippen molar-refractivity contribution < 1.29 is 14.3 Å². The summed E-state index contributed by atoms with van der Waals surface area (Å²) in [5.74, 6) is 0.614. The molecule has 8 nitrogen and oxygen atoms in total. The van der Waals surface area contributed by atoms with E-state index < -0.39 is 0 Å². The maximum atomic E-state index is 12.9. The number of hydrogen-bond acceptors (Lipinski definition) is 7. The average molecular weight is 434 g/mol. The highest BCUT2D eigenvalue weighted by molar-refractivity contribution is 5.92. The van der Waals surface area contributed by atoms with E-state index in [-0.39, 0.29) is 12.0 Å². The van der Waals surface area contributed by atoms with Crippen molar-refractivity contribution in [2.75, 3.05) is 58.9 Å². The van der Waals surface area contributed by atoms with E-state index in [1.807, 2.05) is 4.90 Å². The van der Waals surface area contributed by atoms with Crippen LogP contribution in [0.2, 0.25) is 0 Å². The van der Waals surface area contributed by atoms with E-state index in [0.29, 0.717) is 18.1 Å². The largest absolute Gasteiger partial charge is 0.447 e. The monoisotopic (exact) mass is 433 g/mol. The second-order valence-electron chi connectivity index (χ2n) is 9.41. The zero-order valence-electron chi connectivity index (χ0n) is 19.0. The number of hydrogen-bond donors (Lipinski definition) is 1. The van der Waals surface area contributed by atoms with Crippen LogP contribution in [0.25, 0.3) is 0 Å². The molecule has 3 heterocycles. The summed E-state index contributed by atoms with van der Waals surface area (Å²) in [5, 5.41) is 10.0. The number of aliphatic hydroxyl groups excluding tert-OH is 1. The van der Waals surface area contributed by atoms with Gasteiger partial charge >= 0.3 is 0 Å². The molecule has 1 N–H and O–H groups in total. The van der Waals surface area contributed by atoms with Crippen LogP contribution in [0.15, 0.2) is 10.7 Å². The molecule has 0 aromatic carbocycles. The summed E-state index contributed by atoms with van der Waals surface area (Å²) in [6.07, 6.45) is 8.51. The van der Waals surface area contributed by atoms with E-state index in [1.165, 1.54) is 31.9 Å². The number of rotatable bonds is 8. The molecule has 31 heavy (non-hydrogen) atoms. The standard InChI is InChI=1S/C23H39N5O3/c1-2-5-20(29)16-25-8-10-26(11-9-25)17-22-24-21(18-31-22)23(30)28-14-12-27(13-15-28)19-6-3-4-7-19/h18-20,29H,2-17H2,1H3/t20-/m1/s1. The third kappa shape index (κ3) is 6.06. The molecule has 8 heteroatoms. The van der Waals surface area contributed by atoms with Crippen LogP contribution in [-0.2, 0) is 6.54 Å². The quantitative estimate of drug-likeness (QED) is 0.668. The Kier molecular flexibility index (Phi) is 7.98. The minimum absolute atomic E-state index is 0.00389. The normalized spacial score (nSPS) is 23.5. The molecule has 2 saturated heterocycles. The summed E-state index contributed by atoms with van der Waals surface area (Å²) >= 11 is 0. The Morgan fingerprint density at radius 1 is 1.10 bits per heavy atom. The second-order valence-corrected chi connectivity index (χ2v) is 9.41. The molecule has 1 aliphatic carbocycles. The molecule has 1 saturated carbocycles. The molecule has 2 aliphatic heterocycles. The van der Waals surface area contributed by atoms with E-state index >= 15 is 0 Å². The lowest BCUT2D eigenvalue weighted by molar-refractivity contribution is 0.0567. The Balaban J connectivity index is 1.20. The van der Waals surface area contributed by atoms with Crippen molar-refractivity contribution >= 4 is 5.91 Å². The van der Waals surface area contributed by atoms with Crippen LogP contribution < -0.4 is 0 Å². The van der Waals surface area contributed by atoms with Crippen molar-refractivity contribution in [2.45, 2.75) is 64.1 Å². The number of aliphatic hydroxyl groups is 1. The van der Waals surface area contributed by atoms with Crippen molar-refractivity contribution in [3.63, 3.8) is 0 Å². The first kappa shape index (κ1) is 22.7. The number of piperazine rings is 2. The van der Waals surface area contributed by atoms with Gasteiger partial charge in [-0.1, -0.05) is 26.2 Å². The Bertz CT molecular complexity index is 689. The third-order valence-electron chi connectivity index (χ3n) is 7.13. The molecule has 1 aromatic rings. The van der Waals surface area contributed by atoms with Gasteiger partial charge < -0.3 is 14.4 Å². The predicted octanol–water partition coefficient (Wildman–Crippen LogP) is 1.65. The van der Waals surface area contributed by atoms with Gasteiger partial charge in [0.15, 0.2) is 5.69 Å². The number of carbonyl (C=O) groups is 1. The van der Waals surface area contributed by atoms with E-state index in [0.717, 1.165) is 77.8 Å². The molecule has 1 atom stereocenters. The summed E-state index contributed by atoms with van der Waals surface area (Å²) < 4.78 is 5.64. The lowest BCUT2D eigenvalue weighted by Gasteiger charge is -2.37. The van der Waals surface area contributed by atoms with Crippen LogP contribution in [-0.4, -0.2) is 107 Å². The van der Waals surface area contributed by atoms with Crippen LogP contribution in [0, 0.1) is 0 Å². The highest BCUT2D eigenvalue weighted by Gasteiger charge is 2.29. The fourth-order valence-electron chi connectivity index (χ4n) is 5.25. The van der Waals surface area contributed by atoms with Gasteiger partial charge in [0.1, 0.15) is 6.26 Å². The van der Waals surface area contributed by atoms with Gasteiger partial charge in [0.2, 0.25) is 5.89 Å². The summed E-state index contributed by atoms with van der Waals surface area (Å²) in [5.41, 5.74) is 0.436. The van der Waals surface area contributed by atoms with Crippen LogP contribution in [0.1, 0.15) is 61.8 Å². The minimum Gasteiger partial charge on any atom is -0.447 e. The van der Waals surface area contributed by atoms with Crippen LogP contribution >= 0.6 is 0 Å². The van der Waals surface area contributed by atoms with E-state index in [1.54, 1.807) is 0 Å². The molecule has 0 unspecified atom stereocenters. The molecule has 1 amide bonds. The molecule has 4 rings (SSSR count). The molecule has 3 fully saturated rings. The van der Waals surface area contributed by atoms with E-state index in [4.69, 9.17) is 4.42 Å². The molecule has 174 valence electrons. The summed E-state index contributed by atoms with van der Waals surface area (Å²) in [6.45, 7) is 10.7. The summed E-state index contributed by atoms with van der Waals surface area (Å²) in [7, 11) is 0. The van der Waals surface area contributed by atoms with Crippen LogP contribution in [0.3, 0.4) is 0 Å². The van der Waals surface area contributed by atoms with Gasteiger partial charge in [0, 0.05) is 64.9 Å². The molecule has 0 bridgehead atoms. The third-order valence-corrected chi connectivity index (χ3v) is 7.13. The van der Waals surface area contributed by atoms with Gasteiger partial charge in [-0.25, -0.2) is 4.98 Å². The molecule has 3 aliphatic rings. The maximum Gasteiger partial charge on any atom is 0.275 e. The van der Waals surface area contributed by atoms with Crippen LogP contribution in [0.4, 0.5) is 0 Å². The molecule has 1 aromatic heterocycles. The van der Waals surface area contributed by atoms with Gasteiger partial charge in [-0.3, -0.25) is 19.5 Å². The fraction of sp³-hybridized carbons (Fsp3) is 0.826. The van der Waals surface area contributed by atoms with Gasteiger partial charge in [0.05, 0.1) is 12.6 Å². The van der Waals surface area contributed by atoms with E-state index in [2.05, 4.69) is 26.6 Å². The lowest BCUT2D eigenvalue weighted by Crippen LogP contribution is -2.51. The number of nitrogens with zero attached hydrogens (tertiary/aromatic N) is 5. The number of amides is 1. The summed E-state index contributed by atoms with van der Waals surface area (Å²) in [6, 6.07) is 0.728. The lowest BCUT2D eigenvalue weighted by atomic mass is 10.2. The van der Waals surface area contributed by atoms with Crippen LogP contribution in [0.5, 0.6) is 0 Å². The first-order valence-electron chi connectivity index (χ1n) is 12.2. The Morgan fingerprint density at radius 3 is 2.45 bits per heavy atom. The van der Waals surface area contributed by atoms with Crippen molar-refractivity contribution in [3.05, 3.63) is 17.8 Å². The Morgan fingerprint density at radius 2 is 1.77 bits per heavy atom. The predicted molar refractivity (Wildman–Crippen MR) is 119 cm³/mol. The molecule has 0 radical (unpaired) electrons. The van der Waals surface area contributed by atoms with Gasteiger partial charge in [0.25, 0.3) is 5.91 Å². The minimum atomic E-state index is -0.225. The van der Waals surface area contributed by atoms with Gasteiger partial charge in [-0.05, 0) is 19.3 Å². The number of β-amino-alcohol motifs (C(OH)–C–C–N with tert-alkyl or cyclic N) is 1. The zero-order chi connectivity index (χ0) is 21.6. The topological polar surface area (TPSA) is 76.3 Å². The first-order chi connectivity index (χ1) is 15.1. The SMILES string of the molecule is CCC[C@@H](O)CN1CCN(Cc2nc(C(=O)N3CCN(C4CCCC4)CC3)co2)CC1.